The van der Waals surface area contributed by atoms with Crippen LogP contribution in [0.4, 0.5) is 5.82 Å². The number of amides is 1. The molecule has 0 bridgehead atoms. The summed E-state index contributed by atoms with van der Waals surface area (Å²) in [5, 5.41) is 6.10. The zero-order valence-electron chi connectivity index (χ0n) is 12.0. The Kier molecular flexibility index (Phi) is 4.40. The van der Waals surface area contributed by atoms with Gasteiger partial charge in [-0.05, 0) is 44.2 Å². The smallest absolute Gasteiger partial charge is 0.251 e. The Morgan fingerprint density at radius 1 is 1.47 bits per heavy atom. The molecular weight excluding hydrogens is 238 g/mol. The summed E-state index contributed by atoms with van der Waals surface area (Å²) in [6, 6.07) is 3.99. The van der Waals surface area contributed by atoms with Gasteiger partial charge in [0.05, 0.1) is 0 Å². The van der Waals surface area contributed by atoms with Gasteiger partial charge in [0.2, 0.25) is 0 Å². The molecule has 4 nitrogen and oxygen atoms in total. The number of aromatic nitrogens is 1. The van der Waals surface area contributed by atoms with Crippen LogP contribution in [0.25, 0.3) is 0 Å². The van der Waals surface area contributed by atoms with Crippen LogP contribution < -0.4 is 10.6 Å². The molecule has 1 aliphatic rings. The molecular formula is C15H23N3O. The first kappa shape index (κ1) is 13.8. The number of hydrogen-bond acceptors (Lipinski definition) is 3. The van der Waals surface area contributed by atoms with E-state index in [2.05, 4.69) is 29.5 Å². The first-order chi connectivity index (χ1) is 9.13. The number of rotatable bonds is 6. The Bertz CT molecular complexity index is 455. The Labute approximate surface area is 115 Å². The van der Waals surface area contributed by atoms with Crippen molar-refractivity contribution in [2.24, 2.45) is 5.92 Å². The molecule has 4 heteroatoms. The van der Waals surface area contributed by atoms with Crippen LogP contribution in [-0.2, 0) is 6.42 Å². The fourth-order valence-corrected chi connectivity index (χ4v) is 2.24. The summed E-state index contributed by atoms with van der Waals surface area (Å²) < 4.78 is 0. The molecule has 0 spiro atoms. The fourth-order valence-electron chi connectivity index (χ4n) is 2.24. The molecule has 0 saturated heterocycles. The van der Waals surface area contributed by atoms with Crippen molar-refractivity contribution in [1.29, 1.82) is 0 Å². The molecule has 1 aliphatic carbocycles. The van der Waals surface area contributed by atoms with Crippen molar-refractivity contribution in [2.45, 2.75) is 45.6 Å². The van der Waals surface area contributed by atoms with Gasteiger partial charge in [0.15, 0.2) is 0 Å². The van der Waals surface area contributed by atoms with Crippen LogP contribution in [0.15, 0.2) is 12.1 Å². The maximum absolute atomic E-state index is 12.2. The quantitative estimate of drug-likeness (QED) is 0.827. The maximum atomic E-state index is 12.2. The Morgan fingerprint density at radius 2 is 2.21 bits per heavy atom. The fraction of sp³-hybridized carbons (Fsp3) is 0.600. The third-order valence-electron chi connectivity index (χ3n) is 3.59. The largest absolute Gasteiger partial charge is 0.373 e. The van der Waals surface area contributed by atoms with Crippen molar-refractivity contribution in [2.75, 3.05) is 12.4 Å². The van der Waals surface area contributed by atoms with Crippen molar-refractivity contribution in [3.05, 3.63) is 23.4 Å². The number of carbonyl (C=O) groups is 1. The minimum absolute atomic E-state index is 0.00986. The number of carbonyl (C=O) groups excluding carboxylic acids is 1. The highest BCUT2D eigenvalue weighted by molar-refractivity contribution is 5.95. The molecule has 2 rings (SSSR count). The molecule has 1 heterocycles. The van der Waals surface area contributed by atoms with E-state index in [0.29, 0.717) is 11.5 Å². The minimum Gasteiger partial charge on any atom is -0.373 e. The lowest BCUT2D eigenvalue weighted by Gasteiger charge is -2.14. The molecule has 0 aromatic carbocycles. The first-order valence-electron chi connectivity index (χ1n) is 7.13. The van der Waals surface area contributed by atoms with Crippen LogP contribution in [0.3, 0.4) is 0 Å². The molecule has 104 valence electrons. The molecule has 1 saturated carbocycles. The predicted molar refractivity (Wildman–Crippen MR) is 77.4 cm³/mol. The van der Waals surface area contributed by atoms with Crippen molar-refractivity contribution in [1.82, 2.24) is 10.3 Å². The second-order valence-electron chi connectivity index (χ2n) is 5.33. The summed E-state index contributed by atoms with van der Waals surface area (Å²) in [5.74, 6) is 1.44. The second-order valence-corrected chi connectivity index (χ2v) is 5.33. The Balaban J connectivity index is 2.12. The van der Waals surface area contributed by atoms with E-state index < -0.39 is 0 Å². The molecule has 19 heavy (non-hydrogen) atoms. The van der Waals surface area contributed by atoms with Gasteiger partial charge in [-0.3, -0.25) is 4.79 Å². The van der Waals surface area contributed by atoms with E-state index in [9.17, 15) is 4.79 Å². The zero-order valence-corrected chi connectivity index (χ0v) is 12.0. The van der Waals surface area contributed by atoms with Gasteiger partial charge in [0.1, 0.15) is 5.82 Å². The molecule has 0 radical (unpaired) electrons. The van der Waals surface area contributed by atoms with E-state index in [-0.39, 0.29) is 11.9 Å². The van der Waals surface area contributed by atoms with Crippen molar-refractivity contribution < 1.29 is 4.79 Å². The van der Waals surface area contributed by atoms with Crippen LogP contribution >= 0.6 is 0 Å². The summed E-state index contributed by atoms with van der Waals surface area (Å²) in [6.45, 7) is 4.20. The van der Waals surface area contributed by atoms with Gasteiger partial charge >= 0.3 is 0 Å². The van der Waals surface area contributed by atoms with E-state index in [1.165, 1.54) is 12.8 Å². The molecule has 2 N–H and O–H groups in total. The number of pyridine rings is 1. The Morgan fingerprint density at radius 3 is 2.79 bits per heavy atom. The number of hydrogen-bond donors (Lipinski definition) is 2. The van der Waals surface area contributed by atoms with Gasteiger partial charge in [-0.2, -0.15) is 0 Å². The molecule has 1 aromatic heterocycles. The summed E-state index contributed by atoms with van der Waals surface area (Å²) >= 11 is 0. The molecule has 1 aromatic rings. The average Bonchev–Trinajstić information content (AvgIpc) is 3.22. The van der Waals surface area contributed by atoms with E-state index in [0.717, 1.165) is 24.4 Å². The van der Waals surface area contributed by atoms with Crippen molar-refractivity contribution >= 4 is 11.7 Å². The lowest BCUT2D eigenvalue weighted by atomic mass is 10.1. The van der Waals surface area contributed by atoms with E-state index in [1.54, 1.807) is 0 Å². The number of aryl methyl sites for hydroxylation is 1. The topological polar surface area (TPSA) is 54.0 Å². The lowest BCUT2D eigenvalue weighted by molar-refractivity contribution is 0.0935. The van der Waals surface area contributed by atoms with Gasteiger partial charge in [-0.1, -0.05) is 13.3 Å². The van der Waals surface area contributed by atoms with Crippen LogP contribution in [0, 0.1) is 5.92 Å². The third-order valence-corrected chi connectivity index (χ3v) is 3.59. The standard InChI is InChI=1S/C15H23N3O/c1-4-5-13-8-12(9-14(16-3)18-13)15(19)17-10(2)11-6-7-11/h8-11H,4-7H2,1-3H3,(H,16,18)(H,17,19). The Hall–Kier alpha value is -1.58. The number of nitrogens with one attached hydrogen (secondary N) is 2. The molecule has 1 unspecified atom stereocenters. The molecule has 1 amide bonds. The zero-order chi connectivity index (χ0) is 13.8. The van der Waals surface area contributed by atoms with Crippen LogP contribution in [0.1, 0.15) is 49.2 Å². The lowest BCUT2D eigenvalue weighted by Crippen LogP contribution is -2.34. The number of nitrogens with zero attached hydrogens (tertiary/aromatic N) is 1. The van der Waals surface area contributed by atoms with E-state index >= 15 is 0 Å². The molecule has 1 atom stereocenters. The predicted octanol–water partition coefficient (Wildman–Crippen LogP) is 2.60. The first-order valence-corrected chi connectivity index (χ1v) is 7.13. The normalized spacial score (nSPS) is 15.9. The van der Waals surface area contributed by atoms with E-state index in [1.807, 2.05) is 19.2 Å². The summed E-state index contributed by atoms with van der Waals surface area (Å²) in [4.78, 5) is 16.7. The summed E-state index contributed by atoms with van der Waals surface area (Å²) in [6.07, 6.45) is 4.40. The van der Waals surface area contributed by atoms with Gasteiger partial charge in [-0.25, -0.2) is 4.98 Å². The van der Waals surface area contributed by atoms with Crippen molar-refractivity contribution in [3.63, 3.8) is 0 Å². The van der Waals surface area contributed by atoms with Gasteiger partial charge in [0, 0.05) is 24.3 Å². The summed E-state index contributed by atoms with van der Waals surface area (Å²) in [5.41, 5.74) is 1.67. The van der Waals surface area contributed by atoms with Crippen LogP contribution in [0.5, 0.6) is 0 Å². The van der Waals surface area contributed by atoms with Crippen molar-refractivity contribution in [3.8, 4) is 0 Å². The van der Waals surface area contributed by atoms with Crippen LogP contribution in [-0.4, -0.2) is 24.0 Å². The maximum Gasteiger partial charge on any atom is 0.251 e. The molecule has 0 aliphatic heterocycles. The minimum atomic E-state index is 0.00986. The van der Waals surface area contributed by atoms with Gasteiger partial charge in [0.25, 0.3) is 5.91 Å². The monoisotopic (exact) mass is 261 g/mol. The molecule has 1 fully saturated rings. The average molecular weight is 261 g/mol. The highest BCUT2D eigenvalue weighted by Crippen LogP contribution is 2.32. The summed E-state index contributed by atoms with van der Waals surface area (Å²) in [7, 11) is 1.83. The van der Waals surface area contributed by atoms with E-state index in [4.69, 9.17) is 0 Å². The van der Waals surface area contributed by atoms with Gasteiger partial charge in [-0.15, -0.1) is 0 Å². The highest BCUT2D eigenvalue weighted by atomic mass is 16.1. The van der Waals surface area contributed by atoms with Crippen LogP contribution in [0.2, 0.25) is 0 Å². The second kappa shape index (κ2) is 6.04. The highest BCUT2D eigenvalue weighted by Gasteiger charge is 2.29. The third kappa shape index (κ3) is 3.69. The SMILES string of the molecule is CCCc1cc(C(=O)NC(C)C2CC2)cc(NC)n1. The van der Waals surface area contributed by atoms with Gasteiger partial charge < -0.3 is 10.6 Å². The number of anilines is 1.